The summed E-state index contributed by atoms with van der Waals surface area (Å²) in [4.78, 5) is 0. The van der Waals surface area contributed by atoms with Gasteiger partial charge in [0.15, 0.2) is 0 Å². The third-order valence-electron chi connectivity index (χ3n) is 3.34. The van der Waals surface area contributed by atoms with Crippen LogP contribution in [0.2, 0.25) is 5.02 Å². The van der Waals surface area contributed by atoms with Crippen LogP contribution in [0.4, 0.5) is 4.39 Å². The van der Waals surface area contributed by atoms with E-state index in [-0.39, 0.29) is 12.4 Å². The Kier molecular flexibility index (Phi) is 5.12. The van der Waals surface area contributed by atoms with Gasteiger partial charge in [0.05, 0.1) is 11.6 Å². The summed E-state index contributed by atoms with van der Waals surface area (Å²) in [6, 6.07) is 11.9. The molecule has 0 aliphatic heterocycles. The van der Waals surface area contributed by atoms with Gasteiger partial charge in [-0.3, -0.25) is 5.10 Å². The van der Waals surface area contributed by atoms with Crippen molar-refractivity contribution in [2.24, 2.45) is 0 Å². The van der Waals surface area contributed by atoms with Crippen molar-refractivity contribution in [2.75, 3.05) is 5.43 Å². The van der Waals surface area contributed by atoms with E-state index < -0.39 is 0 Å². The number of aromatic amines is 1. The maximum atomic E-state index is 13.0. The van der Waals surface area contributed by atoms with Crippen LogP contribution in [0.1, 0.15) is 11.1 Å². The lowest BCUT2D eigenvalue weighted by Gasteiger charge is -2.10. The molecule has 0 radical (unpaired) electrons. The van der Waals surface area contributed by atoms with Crippen LogP contribution >= 0.6 is 23.8 Å². The molecular weight excluding hydrogens is 351 g/mol. The van der Waals surface area contributed by atoms with Gasteiger partial charge in [-0.2, -0.15) is 5.10 Å². The maximum Gasteiger partial charge on any atom is 0.214 e. The predicted octanol–water partition coefficient (Wildman–Crippen LogP) is 4.06. The molecule has 0 atom stereocenters. The lowest BCUT2D eigenvalue weighted by Crippen LogP contribution is -2.13. The average molecular weight is 365 g/mol. The molecule has 0 spiro atoms. The Morgan fingerprint density at radius 1 is 1.25 bits per heavy atom. The smallest absolute Gasteiger partial charge is 0.214 e. The quantitative estimate of drug-likeness (QED) is 0.648. The van der Waals surface area contributed by atoms with Gasteiger partial charge < -0.3 is 10.2 Å². The molecular formula is C16H14ClFN4OS. The van der Waals surface area contributed by atoms with Crippen LogP contribution in [0.5, 0.6) is 5.75 Å². The number of halogens is 2. The van der Waals surface area contributed by atoms with E-state index in [9.17, 15) is 4.39 Å². The van der Waals surface area contributed by atoms with E-state index >= 15 is 0 Å². The summed E-state index contributed by atoms with van der Waals surface area (Å²) in [5, 5.41) is 6.85. The van der Waals surface area contributed by atoms with Crippen LogP contribution in [0.3, 0.4) is 0 Å². The molecule has 0 amide bonds. The molecule has 24 heavy (non-hydrogen) atoms. The maximum absolute atomic E-state index is 13.0. The zero-order valence-corrected chi connectivity index (χ0v) is 14.1. The normalized spacial score (nSPS) is 10.6. The van der Waals surface area contributed by atoms with Crippen molar-refractivity contribution in [3.8, 4) is 5.75 Å². The molecule has 3 aromatic rings. The molecule has 0 saturated carbocycles. The molecule has 0 aliphatic carbocycles. The first-order valence-corrected chi connectivity index (χ1v) is 7.92. The van der Waals surface area contributed by atoms with Gasteiger partial charge in [-0.1, -0.05) is 29.8 Å². The summed E-state index contributed by atoms with van der Waals surface area (Å²) >= 11 is 11.0. The Morgan fingerprint density at radius 2 is 2.04 bits per heavy atom. The third-order valence-corrected chi connectivity index (χ3v) is 3.98. The van der Waals surface area contributed by atoms with E-state index in [0.717, 1.165) is 11.1 Å². The molecule has 3 rings (SSSR count). The first-order valence-electron chi connectivity index (χ1n) is 7.13. The Hall–Kier alpha value is -2.38. The number of nitrogens with zero attached hydrogens (tertiary/aromatic N) is 2. The predicted molar refractivity (Wildman–Crippen MR) is 92.7 cm³/mol. The van der Waals surface area contributed by atoms with E-state index in [2.05, 4.69) is 15.6 Å². The Balaban J connectivity index is 1.56. The van der Waals surface area contributed by atoms with E-state index in [1.165, 1.54) is 12.1 Å². The van der Waals surface area contributed by atoms with Crippen molar-refractivity contribution < 1.29 is 9.13 Å². The third kappa shape index (κ3) is 4.12. The number of hydrogen-bond acceptors (Lipinski definition) is 4. The minimum absolute atomic E-state index is 0.279. The highest BCUT2D eigenvalue weighted by atomic mass is 35.5. The summed E-state index contributed by atoms with van der Waals surface area (Å²) in [6.45, 7) is 0.874. The van der Waals surface area contributed by atoms with E-state index in [1.807, 2.05) is 24.3 Å². The lowest BCUT2D eigenvalue weighted by atomic mass is 10.2. The van der Waals surface area contributed by atoms with Gasteiger partial charge in [0, 0.05) is 5.56 Å². The molecule has 0 fully saturated rings. The molecule has 2 aromatic carbocycles. The monoisotopic (exact) mass is 364 g/mol. The highest BCUT2D eigenvalue weighted by molar-refractivity contribution is 7.71. The molecule has 0 saturated heterocycles. The summed E-state index contributed by atoms with van der Waals surface area (Å²) in [7, 11) is 0. The fourth-order valence-corrected chi connectivity index (χ4v) is 2.43. The summed E-state index contributed by atoms with van der Waals surface area (Å²) < 4.78 is 20.8. The minimum atomic E-state index is -0.363. The number of hydrogen-bond donors (Lipinski definition) is 2. The van der Waals surface area contributed by atoms with Crippen molar-refractivity contribution >= 4 is 23.8 Å². The number of nitrogens with one attached hydrogen (secondary N) is 2. The second-order valence-electron chi connectivity index (χ2n) is 5.03. The Morgan fingerprint density at radius 3 is 2.71 bits per heavy atom. The van der Waals surface area contributed by atoms with Crippen LogP contribution in [0.25, 0.3) is 0 Å². The molecule has 1 heterocycles. The number of aromatic nitrogens is 3. The molecule has 124 valence electrons. The van der Waals surface area contributed by atoms with Crippen LogP contribution in [-0.2, 0) is 13.2 Å². The summed E-state index contributed by atoms with van der Waals surface area (Å²) in [5.74, 6) is 0.345. The highest BCUT2D eigenvalue weighted by Gasteiger charge is 2.03. The van der Waals surface area contributed by atoms with Crippen molar-refractivity contribution in [1.82, 2.24) is 14.9 Å². The number of H-pyrrole nitrogens is 1. The second kappa shape index (κ2) is 7.46. The zero-order valence-electron chi connectivity index (χ0n) is 12.5. The SMILES string of the molecule is Fc1ccc(COc2ccc(CNn3cn[nH]c3=S)cc2)c(Cl)c1. The Labute approximate surface area is 148 Å². The second-order valence-corrected chi connectivity index (χ2v) is 5.83. The average Bonchev–Trinajstić information content (AvgIpc) is 2.98. The molecule has 0 bridgehead atoms. The van der Waals surface area contributed by atoms with Gasteiger partial charge in [-0.15, -0.1) is 0 Å². The largest absolute Gasteiger partial charge is 0.489 e. The van der Waals surface area contributed by atoms with Gasteiger partial charge in [0.1, 0.15) is 24.5 Å². The number of rotatable bonds is 6. The molecule has 0 aliphatic rings. The van der Waals surface area contributed by atoms with E-state index in [0.29, 0.717) is 22.1 Å². The van der Waals surface area contributed by atoms with Gasteiger partial charge in [0.2, 0.25) is 4.77 Å². The number of benzene rings is 2. The van der Waals surface area contributed by atoms with E-state index in [1.54, 1.807) is 17.1 Å². The fourth-order valence-electron chi connectivity index (χ4n) is 2.04. The summed E-state index contributed by atoms with van der Waals surface area (Å²) in [5.41, 5.74) is 4.92. The topological polar surface area (TPSA) is 54.9 Å². The van der Waals surface area contributed by atoms with Crippen molar-refractivity contribution in [2.45, 2.75) is 13.2 Å². The molecule has 2 N–H and O–H groups in total. The molecule has 5 nitrogen and oxygen atoms in total. The summed E-state index contributed by atoms with van der Waals surface area (Å²) in [6.07, 6.45) is 1.58. The van der Waals surface area contributed by atoms with Gasteiger partial charge >= 0.3 is 0 Å². The van der Waals surface area contributed by atoms with Gasteiger partial charge in [-0.05, 0) is 42.0 Å². The van der Waals surface area contributed by atoms with Gasteiger partial charge in [-0.25, -0.2) is 9.07 Å². The standard InChI is InChI=1S/C16H14ClFN4OS/c17-15-7-13(18)4-3-12(15)9-23-14-5-1-11(2-6-14)8-20-22-10-19-21-16(22)24/h1-7,10,20H,8-9H2,(H,21,24). The minimum Gasteiger partial charge on any atom is -0.489 e. The van der Waals surface area contributed by atoms with Gasteiger partial charge in [0.25, 0.3) is 0 Å². The van der Waals surface area contributed by atoms with Crippen molar-refractivity contribution in [1.29, 1.82) is 0 Å². The van der Waals surface area contributed by atoms with Crippen LogP contribution in [0.15, 0.2) is 48.8 Å². The molecule has 1 aromatic heterocycles. The van der Waals surface area contributed by atoms with E-state index in [4.69, 9.17) is 28.6 Å². The number of ether oxygens (including phenoxy) is 1. The first-order chi connectivity index (χ1) is 11.6. The Bertz CT molecular complexity index is 878. The zero-order chi connectivity index (χ0) is 16.9. The highest BCUT2D eigenvalue weighted by Crippen LogP contribution is 2.20. The lowest BCUT2D eigenvalue weighted by molar-refractivity contribution is 0.306. The molecule has 0 unspecified atom stereocenters. The van der Waals surface area contributed by atoms with Crippen molar-refractivity contribution in [3.05, 3.63) is 75.5 Å². The molecule has 8 heteroatoms. The van der Waals surface area contributed by atoms with Crippen LogP contribution < -0.4 is 10.2 Å². The first kappa shape index (κ1) is 16.5. The van der Waals surface area contributed by atoms with Crippen molar-refractivity contribution in [3.63, 3.8) is 0 Å². The van der Waals surface area contributed by atoms with Crippen LogP contribution in [0, 0.1) is 10.6 Å². The van der Waals surface area contributed by atoms with Crippen LogP contribution in [-0.4, -0.2) is 14.9 Å². The fraction of sp³-hybridized carbons (Fsp3) is 0.125.